The highest BCUT2D eigenvalue weighted by molar-refractivity contribution is 5.73. The summed E-state index contributed by atoms with van der Waals surface area (Å²) in [6.07, 6.45) is 1.70. The van der Waals surface area contributed by atoms with E-state index in [4.69, 9.17) is 0 Å². The summed E-state index contributed by atoms with van der Waals surface area (Å²) in [6.45, 7) is 8.00. The largest absolute Gasteiger partial charge is 0.345 e. The lowest BCUT2D eigenvalue weighted by molar-refractivity contribution is 1.34. The van der Waals surface area contributed by atoms with Crippen LogP contribution in [0.2, 0.25) is 0 Å². The molecule has 2 nitrogen and oxygen atoms in total. The smallest absolute Gasteiger partial charge is 0.0931 e. The summed E-state index contributed by atoms with van der Waals surface area (Å²) < 4.78 is 0. The van der Waals surface area contributed by atoms with Crippen LogP contribution in [0, 0.1) is 0 Å². The Kier molecular flexibility index (Phi) is 6.60. The highest BCUT2D eigenvalue weighted by Crippen LogP contribution is 2.05. The SMILES string of the molecule is CC.CC.c1ccc2[nH]cnc2c1. The first kappa shape index (κ1) is 11.7. The van der Waals surface area contributed by atoms with Crippen LogP contribution in [0.5, 0.6) is 0 Å². The van der Waals surface area contributed by atoms with Gasteiger partial charge in [-0.05, 0) is 12.1 Å². The fraction of sp³-hybridized carbons (Fsp3) is 0.364. The number of nitrogens with one attached hydrogen (secondary N) is 1. The van der Waals surface area contributed by atoms with Crippen LogP contribution in [0.25, 0.3) is 11.0 Å². The van der Waals surface area contributed by atoms with Gasteiger partial charge < -0.3 is 4.98 Å². The molecule has 2 aromatic rings. The van der Waals surface area contributed by atoms with E-state index in [0.29, 0.717) is 0 Å². The Morgan fingerprint density at radius 1 is 1.00 bits per heavy atom. The van der Waals surface area contributed by atoms with Crippen LogP contribution in [0.1, 0.15) is 27.7 Å². The van der Waals surface area contributed by atoms with E-state index in [1.54, 1.807) is 6.33 Å². The normalized spacial score (nSPS) is 8.00. The number of fused-ring (bicyclic) bond motifs is 1. The fourth-order valence-electron chi connectivity index (χ4n) is 0.880. The van der Waals surface area contributed by atoms with Crippen molar-refractivity contribution < 1.29 is 0 Å². The van der Waals surface area contributed by atoms with Crippen molar-refractivity contribution in [3.8, 4) is 0 Å². The van der Waals surface area contributed by atoms with E-state index in [9.17, 15) is 0 Å². The third kappa shape index (κ3) is 3.28. The van der Waals surface area contributed by atoms with Gasteiger partial charge in [0.15, 0.2) is 0 Å². The molecular weight excluding hydrogens is 160 g/mol. The molecule has 0 aliphatic rings. The van der Waals surface area contributed by atoms with E-state index in [1.807, 2.05) is 52.0 Å². The molecule has 0 spiro atoms. The molecule has 1 aromatic carbocycles. The van der Waals surface area contributed by atoms with E-state index in [1.165, 1.54) is 0 Å². The number of nitrogens with zero attached hydrogens (tertiary/aromatic N) is 1. The van der Waals surface area contributed by atoms with Crippen LogP contribution in [0.4, 0.5) is 0 Å². The van der Waals surface area contributed by atoms with Crippen LogP contribution in [-0.4, -0.2) is 9.97 Å². The summed E-state index contributed by atoms with van der Waals surface area (Å²) in [4.78, 5) is 7.07. The maximum absolute atomic E-state index is 4.06. The predicted molar refractivity (Wildman–Crippen MR) is 58.8 cm³/mol. The number of hydrogen-bond donors (Lipinski definition) is 1. The van der Waals surface area contributed by atoms with Crippen LogP contribution in [0.3, 0.4) is 0 Å². The first-order valence-electron chi connectivity index (χ1n) is 4.85. The van der Waals surface area contributed by atoms with Crippen molar-refractivity contribution in [1.82, 2.24) is 9.97 Å². The molecule has 2 rings (SSSR count). The number of rotatable bonds is 0. The van der Waals surface area contributed by atoms with E-state index in [0.717, 1.165) is 11.0 Å². The Balaban J connectivity index is 0.000000322. The summed E-state index contributed by atoms with van der Waals surface area (Å²) in [5.41, 5.74) is 2.12. The third-order valence-corrected chi connectivity index (χ3v) is 1.33. The number of para-hydroxylation sites is 2. The van der Waals surface area contributed by atoms with Gasteiger partial charge in [-0.25, -0.2) is 4.98 Å². The molecule has 0 unspecified atom stereocenters. The van der Waals surface area contributed by atoms with Crippen molar-refractivity contribution in [3.05, 3.63) is 30.6 Å². The number of H-pyrrole nitrogens is 1. The molecule has 0 atom stereocenters. The fourth-order valence-corrected chi connectivity index (χ4v) is 0.880. The molecule has 0 aliphatic carbocycles. The van der Waals surface area contributed by atoms with E-state index in [-0.39, 0.29) is 0 Å². The molecule has 13 heavy (non-hydrogen) atoms. The van der Waals surface area contributed by atoms with Gasteiger partial charge in [-0.1, -0.05) is 39.8 Å². The number of aromatic nitrogens is 2. The second kappa shape index (κ2) is 7.35. The molecule has 0 aliphatic heterocycles. The zero-order valence-corrected chi connectivity index (χ0v) is 8.83. The predicted octanol–water partition coefficient (Wildman–Crippen LogP) is 3.62. The first-order valence-corrected chi connectivity index (χ1v) is 4.85. The molecule has 2 heteroatoms. The first-order chi connectivity index (χ1) is 6.47. The van der Waals surface area contributed by atoms with Gasteiger partial charge in [0, 0.05) is 0 Å². The highest BCUT2D eigenvalue weighted by Gasteiger charge is 1.88. The average molecular weight is 178 g/mol. The van der Waals surface area contributed by atoms with E-state index in [2.05, 4.69) is 9.97 Å². The number of imidazole rings is 1. The Morgan fingerprint density at radius 3 is 2.23 bits per heavy atom. The van der Waals surface area contributed by atoms with Crippen LogP contribution in [-0.2, 0) is 0 Å². The Morgan fingerprint density at radius 2 is 1.62 bits per heavy atom. The Hall–Kier alpha value is -1.31. The Labute approximate surface area is 80.0 Å². The van der Waals surface area contributed by atoms with Crippen molar-refractivity contribution in [2.24, 2.45) is 0 Å². The van der Waals surface area contributed by atoms with Crippen molar-refractivity contribution >= 4 is 11.0 Å². The summed E-state index contributed by atoms with van der Waals surface area (Å²) in [6, 6.07) is 7.94. The van der Waals surface area contributed by atoms with Crippen LogP contribution in [0.15, 0.2) is 30.6 Å². The lowest BCUT2D eigenvalue weighted by Crippen LogP contribution is -1.63. The molecule has 0 radical (unpaired) electrons. The number of hydrogen-bond acceptors (Lipinski definition) is 1. The summed E-state index contributed by atoms with van der Waals surface area (Å²) in [7, 11) is 0. The number of aromatic amines is 1. The quantitative estimate of drug-likeness (QED) is 0.655. The highest BCUT2D eigenvalue weighted by atomic mass is 14.9. The summed E-state index contributed by atoms with van der Waals surface area (Å²) >= 11 is 0. The van der Waals surface area contributed by atoms with Gasteiger partial charge in [-0.3, -0.25) is 0 Å². The topological polar surface area (TPSA) is 28.7 Å². The van der Waals surface area contributed by atoms with E-state index < -0.39 is 0 Å². The second-order valence-electron chi connectivity index (χ2n) is 1.92. The third-order valence-electron chi connectivity index (χ3n) is 1.33. The monoisotopic (exact) mass is 178 g/mol. The lowest BCUT2D eigenvalue weighted by atomic mass is 10.3. The molecule has 0 bridgehead atoms. The van der Waals surface area contributed by atoms with Crippen molar-refractivity contribution in [2.45, 2.75) is 27.7 Å². The molecule has 1 N–H and O–H groups in total. The van der Waals surface area contributed by atoms with Crippen LogP contribution >= 0.6 is 0 Å². The molecule has 0 amide bonds. The van der Waals surface area contributed by atoms with Gasteiger partial charge >= 0.3 is 0 Å². The minimum atomic E-state index is 1.03. The second-order valence-corrected chi connectivity index (χ2v) is 1.92. The zero-order valence-electron chi connectivity index (χ0n) is 8.83. The van der Waals surface area contributed by atoms with Gasteiger partial charge in [0.25, 0.3) is 0 Å². The molecule has 1 heterocycles. The average Bonchev–Trinajstić information content (AvgIpc) is 2.71. The number of benzene rings is 1. The summed E-state index contributed by atoms with van der Waals surface area (Å²) in [5.74, 6) is 0. The van der Waals surface area contributed by atoms with Gasteiger partial charge in [0.1, 0.15) is 0 Å². The van der Waals surface area contributed by atoms with Crippen molar-refractivity contribution in [3.63, 3.8) is 0 Å². The molecule has 1 aromatic heterocycles. The minimum Gasteiger partial charge on any atom is -0.345 e. The van der Waals surface area contributed by atoms with Gasteiger partial charge in [0.2, 0.25) is 0 Å². The van der Waals surface area contributed by atoms with Gasteiger partial charge in [-0.2, -0.15) is 0 Å². The van der Waals surface area contributed by atoms with Crippen molar-refractivity contribution in [1.29, 1.82) is 0 Å². The lowest BCUT2D eigenvalue weighted by Gasteiger charge is -1.81. The maximum Gasteiger partial charge on any atom is 0.0931 e. The molecule has 72 valence electrons. The van der Waals surface area contributed by atoms with Gasteiger partial charge in [0.05, 0.1) is 17.4 Å². The molecule has 0 saturated carbocycles. The molecule has 0 saturated heterocycles. The standard InChI is InChI=1S/C7H6N2.2C2H6/c1-2-4-7-6(3-1)8-5-9-7;2*1-2/h1-5H,(H,8,9);2*1-2H3. The zero-order chi connectivity index (χ0) is 10.1. The van der Waals surface area contributed by atoms with Crippen LogP contribution < -0.4 is 0 Å². The van der Waals surface area contributed by atoms with Gasteiger partial charge in [-0.15, -0.1) is 0 Å². The van der Waals surface area contributed by atoms with E-state index >= 15 is 0 Å². The maximum atomic E-state index is 4.06. The Bertz CT molecular complexity index is 282. The minimum absolute atomic E-state index is 1.03. The molecule has 0 fully saturated rings. The molecular formula is C11H18N2. The summed E-state index contributed by atoms with van der Waals surface area (Å²) in [5, 5.41) is 0. The van der Waals surface area contributed by atoms with Crippen molar-refractivity contribution in [2.75, 3.05) is 0 Å².